The number of halogens is 4. The van der Waals surface area contributed by atoms with Gasteiger partial charge < -0.3 is 24.0 Å². The number of rotatable bonds is 13. The zero-order valence-electron chi connectivity index (χ0n) is 26.0. The largest absolute Gasteiger partial charge is 0.489 e. The molecule has 0 spiro atoms. The number of H-pyrrole nitrogens is 1. The number of aromatic nitrogens is 1. The molecular weight excluding hydrogens is 655 g/mol. The summed E-state index contributed by atoms with van der Waals surface area (Å²) < 4.78 is 43.0. The minimum absolute atomic E-state index is 0.000774. The Bertz CT molecular complexity index is 1600. The first kappa shape index (κ1) is 34.4. The average Bonchev–Trinajstić information content (AvgIpc) is 3.73. The number of alkyl halides is 2. The molecule has 2 amide bonds. The Kier molecular flexibility index (Phi) is 11.2. The van der Waals surface area contributed by atoms with Crippen LogP contribution in [0.4, 0.5) is 8.78 Å². The molecule has 0 radical (unpaired) electrons. The maximum absolute atomic E-state index is 13.8. The zero-order chi connectivity index (χ0) is 33.7. The van der Waals surface area contributed by atoms with E-state index in [-0.39, 0.29) is 36.2 Å². The van der Waals surface area contributed by atoms with Gasteiger partial charge in [0.15, 0.2) is 23.9 Å². The lowest BCUT2D eigenvalue weighted by atomic mass is 10.0. The van der Waals surface area contributed by atoms with Gasteiger partial charge in [0.05, 0.1) is 13.0 Å². The fourth-order valence-electron chi connectivity index (χ4n) is 5.49. The number of carbonyl (C=O) groups excluding carboxylic acids is 3. The van der Waals surface area contributed by atoms with Crippen molar-refractivity contribution >= 4 is 41.0 Å². The normalized spacial score (nSPS) is 16.6. The highest BCUT2D eigenvalue weighted by Gasteiger charge is 2.37. The van der Waals surface area contributed by atoms with E-state index in [0.29, 0.717) is 64.2 Å². The minimum atomic E-state index is -3.06. The van der Waals surface area contributed by atoms with Crippen LogP contribution in [0.3, 0.4) is 0 Å². The van der Waals surface area contributed by atoms with Gasteiger partial charge in [-0.25, -0.2) is 9.78 Å². The van der Waals surface area contributed by atoms with Crippen LogP contribution >= 0.6 is 23.2 Å². The van der Waals surface area contributed by atoms with Gasteiger partial charge >= 0.3 is 12.6 Å². The predicted octanol–water partition coefficient (Wildman–Crippen LogP) is 5.96. The fraction of sp³-hybridized carbons (Fsp3) is 0.412. The molecule has 9 nitrogen and oxygen atoms in total. The van der Waals surface area contributed by atoms with E-state index < -0.39 is 24.7 Å². The number of hydrogen-bond donors (Lipinski definition) is 0. The Labute approximate surface area is 281 Å². The summed E-state index contributed by atoms with van der Waals surface area (Å²) in [5, 5.41) is 0.628. The third-order valence-electron chi connectivity index (χ3n) is 8.15. The van der Waals surface area contributed by atoms with Crippen LogP contribution in [0.5, 0.6) is 11.5 Å². The molecule has 1 aliphatic heterocycles. The molecule has 2 fully saturated rings. The third kappa shape index (κ3) is 8.90. The van der Waals surface area contributed by atoms with Crippen LogP contribution in [0.15, 0.2) is 54.9 Å². The number of nitrogens with zero attached hydrogens (tertiary/aromatic N) is 2. The highest BCUT2D eigenvalue weighted by molar-refractivity contribution is 6.35. The van der Waals surface area contributed by atoms with Crippen molar-refractivity contribution in [2.24, 2.45) is 5.92 Å². The van der Waals surface area contributed by atoms with Crippen LogP contribution in [-0.4, -0.2) is 67.5 Å². The number of nitrogens with one attached hydrogen (secondary N) is 1. The van der Waals surface area contributed by atoms with Crippen LogP contribution < -0.4 is 14.5 Å². The lowest BCUT2D eigenvalue weighted by Crippen LogP contribution is -2.42. The molecule has 13 heteroatoms. The molecule has 2 atom stereocenters. The number of pyridine rings is 1. The highest BCUT2D eigenvalue weighted by Crippen LogP contribution is 2.38. The highest BCUT2D eigenvalue weighted by atomic mass is 35.5. The zero-order valence-corrected chi connectivity index (χ0v) is 27.5. The van der Waals surface area contributed by atoms with Crippen molar-refractivity contribution in [3.8, 4) is 11.5 Å². The van der Waals surface area contributed by atoms with E-state index in [4.69, 9.17) is 37.4 Å². The summed E-state index contributed by atoms with van der Waals surface area (Å²) in [5.74, 6) is -0.776. The van der Waals surface area contributed by atoms with Crippen molar-refractivity contribution in [1.82, 2.24) is 9.80 Å². The topological polar surface area (TPSA) is 99.5 Å². The van der Waals surface area contributed by atoms with Crippen molar-refractivity contribution in [1.29, 1.82) is 0 Å². The Balaban J connectivity index is 1.38. The van der Waals surface area contributed by atoms with Gasteiger partial charge in [0.1, 0.15) is 22.2 Å². The molecule has 1 saturated carbocycles. The molecule has 1 aliphatic carbocycles. The molecule has 0 bridgehead atoms. The minimum Gasteiger partial charge on any atom is -0.489 e. The van der Waals surface area contributed by atoms with E-state index in [2.05, 4.69) is 4.98 Å². The first-order valence-electron chi connectivity index (χ1n) is 15.4. The van der Waals surface area contributed by atoms with Gasteiger partial charge in [-0.3, -0.25) is 9.59 Å². The number of esters is 1. The van der Waals surface area contributed by atoms with Crippen LogP contribution in [0.2, 0.25) is 10.0 Å². The second-order valence-electron chi connectivity index (χ2n) is 11.9. The molecule has 0 unspecified atom stereocenters. The Morgan fingerprint density at radius 2 is 1.77 bits per heavy atom. The Morgan fingerprint density at radius 1 is 1.02 bits per heavy atom. The number of aromatic amines is 1. The van der Waals surface area contributed by atoms with Crippen molar-refractivity contribution in [3.63, 3.8) is 0 Å². The standard InChI is InChI=1S/C34H35Cl2F2N3O6/c1-40(2)32(43)23-6-3-5-21(13-23)14-31(42)41-12-4-7-27(41)33(44)46-29(16-24-25(35)17-39-18-26(24)36)22-10-11-28(47-34(37)38)30(15-22)45-19-20-8-9-20/h3,5-6,10-11,13,15,17-18,20,27,29,34H,4,7-9,12,14,16,19H2,1-2H3/p+1/t27-,29-/m0/s1. The number of likely N-dealkylation sites (tertiary alicyclic amines) is 1. The molecule has 1 aromatic heterocycles. The quantitative estimate of drug-likeness (QED) is 0.205. The summed E-state index contributed by atoms with van der Waals surface area (Å²) in [4.78, 5) is 45.5. The van der Waals surface area contributed by atoms with E-state index in [1.165, 1.54) is 28.0 Å². The Hall–Kier alpha value is -3.96. The molecule has 2 aliphatic rings. The first-order valence-corrected chi connectivity index (χ1v) is 16.1. The van der Waals surface area contributed by atoms with E-state index in [1.54, 1.807) is 50.8 Å². The lowest BCUT2D eigenvalue weighted by molar-refractivity contribution is -0.377. The maximum atomic E-state index is 13.8. The maximum Gasteiger partial charge on any atom is 0.387 e. The number of hydrogen-bond acceptors (Lipinski definition) is 6. The number of benzene rings is 2. The van der Waals surface area contributed by atoms with Gasteiger partial charge in [-0.2, -0.15) is 8.78 Å². The van der Waals surface area contributed by atoms with Gasteiger partial charge in [-0.1, -0.05) is 41.4 Å². The molecule has 47 heavy (non-hydrogen) atoms. The summed E-state index contributed by atoms with van der Waals surface area (Å²) >= 11 is 12.9. The fourth-order valence-corrected chi connectivity index (χ4v) is 6.02. The summed E-state index contributed by atoms with van der Waals surface area (Å²) in [6.07, 6.45) is 5.16. The molecule has 2 aromatic carbocycles. The predicted molar refractivity (Wildman–Crippen MR) is 170 cm³/mol. The van der Waals surface area contributed by atoms with Crippen LogP contribution in [0, 0.1) is 5.92 Å². The third-order valence-corrected chi connectivity index (χ3v) is 8.83. The average molecular weight is 692 g/mol. The van der Waals surface area contributed by atoms with E-state index in [1.807, 2.05) is 0 Å². The van der Waals surface area contributed by atoms with Gasteiger partial charge in [-0.15, -0.1) is 0 Å². The molecule has 3 aromatic rings. The molecule has 1 N–H and O–H groups in total. The summed E-state index contributed by atoms with van der Waals surface area (Å²) in [7, 11) is 3.30. The van der Waals surface area contributed by atoms with Gasteiger partial charge in [0.25, 0.3) is 5.91 Å². The first-order chi connectivity index (χ1) is 22.5. The molecule has 1 saturated heterocycles. The molecular formula is C34H36Cl2F2N3O6+. The van der Waals surface area contributed by atoms with Gasteiger partial charge in [0.2, 0.25) is 5.91 Å². The monoisotopic (exact) mass is 690 g/mol. The van der Waals surface area contributed by atoms with Crippen molar-refractivity contribution < 1.29 is 42.4 Å². The summed E-state index contributed by atoms with van der Waals surface area (Å²) in [6.45, 7) is -2.35. The van der Waals surface area contributed by atoms with Crippen LogP contribution in [0.1, 0.15) is 58.8 Å². The Morgan fingerprint density at radius 3 is 2.45 bits per heavy atom. The summed E-state index contributed by atoms with van der Waals surface area (Å²) in [5.41, 5.74) is 2.06. The second kappa shape index (κ2) is 15.3. The lowest BCUT2D eigenvalue weighted by Gasteiger charge is -2.27. The SMILES string of the molecule is CN(C)C(=O)c1cccc(CC(=O)N2CCC[C@H]2C(=O)O[C@@H](Cc2c(Cl)c[nH+]cc2Cl)c2ccc(OC(F)F)c(OCC3CC3)c2)c1. The second-order valence-corrected chi connectivity index (χ2v) is 12.7. The number of amides is 2. The van der Waals surface area contributed by atoms with E-state index >= 15 is 0 Å². The summed E-state index contributed by atoms with van der Waals surface area (Å²) in [6, 6.07) is 10.4. The van der Waals surface area contributed by atoms with E-state index in [0.717, 1.165) is 12.8 Å². The smallest absolute Gasteiger partial charge is 0.387 e. The van der Waals surface area contributed by atoms with E-state index in [9.17, 15) is 23.2 Å². The van der Waals surface area contributed by atoms with Crippen molar-refractivity contribution in [3.05, 3.63) is 87.2 Å². The number of carbonyl (C=O) groups is 3. The van der Waals surface area contributed by atoms with Gasteiger partial charge in [-0.05, 0) is 67.0 Å². The molecule has 250 valence electrons. The molecule has 2 heterocycles. The van der Waals surface area contributed by atoms with Crippen molar-refractivity contribution in [2.75, 3.05) is 27.2 Å². The van der Waals surface area contributed by atoms with Crippen molar-refractivity contribution in [2.45, 2.75) is 57.3 Å². The van der Waals surface area contributed by atoms with Crippen LogP contribution in [-0.2, 0) is 27.2 Å². The number of ether oxygens (including phenoxy) is 3. The molecule has 5 rings (SSSR count). The van der Waals surface area contributed by atoms with Gasteiger partial charge in [0, 0.05) is 38.2 Å². The van der Waals surface area contributed by atoms with Crippen LogP contribution in [0.25, 0.3) is 0 Å².